The minimum Gasteiger partial charge on any atom is -0.325 e. The molecule has 112 valence electrons. The predicted octanol–water partition coefficient (Wildman–Crippen LogP) is 4.98. The molecule has 1 heterocycles. The molecular formula is C18H18N2S2. The fraction of sp³-hybridized carbons (Fsp3) is 0.167. The topological polar surface area (TPSA) is 38.9 Å². The molecule has 3 aromatic rings. The molecule has 0 bridgehead atoms. The predicted molar refractivity (Wildman–Crippen MR) is 95.4 cm³/mol. The maximum Gasteiger partial charge on any atom is 0.107 e. The van der Waals surface area contributed by atoms with Gasteiger partial charge in [-0.1, -0.05) is 55.1 Å². The fourth-order valence-corrected chi connectivity index (χ4v) is 4.28. The fourth-order valence-electron chi connectivity index (χ4n) is 2.27. The van der Waals surface area contributed by atoms with Gasteiger partial charge in [-0.15, -0.1) is 11.3 Å². The third-order valence-corrected chi connectivity index (χ3v) is 5.50. The molecule has 0 atom stereocenters. The smallest absolute Gasteiger partial charge is 0.107 e. The van der Waals surface area contributed by atoms with Gasteiger partial charge in [0, 0.05) is 11.4 Å². The summed E-state index contributed by atoms with van der Waals surface area (Å²) in [7, 11) is 0. The average Bonchev–Trinajstić information content (AvgIpc) is 3.03. The number of benzene rings is 2. The highest BCUT2D eigenvalue weighted by molar-refractivity contribution is 8.01. The van der Waals surface area contributed by atoms with Crippen molar-refractivity contribution in [3.63, 3.8) is 0 Å². The monoisotopic (exact) mass is 326 g/mol. The van der Waals surface area contributed by atoms with Gasteiger partial charge in [-0.25, -0.2) is 4.98 Å². The number of rotatable bonds is 5. The molecule has 0 aliphatic rings. The van der Waals surface area contributed by atoms with E-state index in [1.807, 2.05) is 6.20 Å². The first-order chi connectivity index (χ1) is 10.8. The quantitative estimate of drug-likeness (QED) is 0.718. The summed E-state index contributed by atoms with van der Waals surface area (Å²) in [4.78, 5) is 5.58. The number of aromatic nitrogens is 1. The molecule has 0 saturated heterocycles. The highest BCUT2D eigenvalue weighted by Gasteiger charge is 2.07. The summed E-state index contributed by atoms with van der Waals surface area (Å²) < 4.78 is 1.19. The van der Waals surface area contributed by atoms with E-state index in [0.717, 1.165) is 11.4 Å². The lowest BCUT2D eigenvalue weighted by atomic mass is 10.0. The van der Waals surface area contributed by atoms with E-state index in [0.29, 0.717) is 6.54 Å². The molecule has 0 saturated carbocycles. The molecule has 22 heavy (non-hydrogen) atoms. The molecule has 0 spiro atoms. The molecule has 2 nitrogen and oxygen atoms in total. The summed E-state index contributed by atoms with van der Waals surface area (Å²) in [5, 5.41) is 0.984. The van der Waals surface area contributed by atoms with Crippen molar-refractivity contribution in [1.29, 1.82) is 0 Å². The Morgan fingerprint density at radius 3 is 2.59 bits per heavy atom. The maximum absolute atomic E-state index is 5.64. The Hall–Kier alpha value is -1.62. The van der Waals surface area contributed by atoms with Crippen molar-refractivity contribution < 1.29 is 0 Å². The summed E-state index contributed by atoms with van der Waals surface area (Å²) >= 11 is 3.43. The molecule has 0 aliphatic carbocycles. The highest BCUT2D eigenvalue weighted by Crippen LogP contribution is 2.35. The van der Waals surface area contributed by atoms with Crippen LogP contribution in [0.4, 0.5) is 0 Å². The van der Waals surface area contributed by atoms with Crippen LogP contribution in [0.2, 0.25) is 0 Å². The van der Waals surface area contributed by atoms with Crippen LogP contribution in [0.25, 0.3) is 11.1 Å². The molecule has 0 aliphatic heterocycles. The molecular weight excluding hydrogens is 308 g/mol. The molecule has 0 amide bonds. The standard InChI is InChI=1S/C18H18N2S2/c1-2-13-8-15(14-6-4-3-5-7-14)10-16(9-13)21-18-12-20-17(11-19)22-18/h3-10,12H,2,11,19H2,1H3. The van der Waals surface area contributed by atoms with Crippen molar-refractivity contribution in [3.8, 4) is 11.1 Å². The third-order valence-electron chi connectivity index (χ3n) is 3.41. The number of thiazole rings is 1. The van der Waals surface area contributed by atoms with E-state index in [1.54, 1.807) is 23.1 Å². The Morgan fingerprint density at radius 1 is 1.09 bits per heavy atom. The van der Waals surface area contributed by atoms with Gasteiger partial charge in [-0.2, -0.15) is 0 Å². The average molecular weight is 326 g/mol. The number of nitrogens with two attached hydrogens (primary N) is 1. The van der Waals surface area contributed by atoms with Crippen LogP contribution in [0.3, 0.4) is 0 Å². The van der Waals surface area contributed by atoms with Crippen LogP contribution in [0, 0.1) is 0 Å². The van der Waals surface area contributed by atoms with Crippen molar-refractivity contribution >= 4 is 23.1 Å². The van der Waals surface area contributed by atoms with Gasteiger partial charge in [0.2, 0.25) is 0 Å². The lowest BCUT2D eigenvalue weighted by Gasteiger charge is -2.08. The van der Waals surface area contributed by atoms with E-state index >= 15 is 0 Å². The van der Waals surface area contributed by atoms with Crippen molar-refractivity contribution in [2.45, 2.75) is 29.0 Å². The van der Waals surface area contributed by atoms with Gasteiger partial charge < -0.3 is 5.73 Å². The Labute approximate surface area is 139 Å². The molecule has 2 N–H and O–H groups in total. The minimum atomic E-state index is 0.509. The third kappa shape index (κ3) is 3.58. The van der Waals surface area contributed by atoms with E-state index in [-0.39, 0.29) is 0 Å². The first-order valence-corrected chi connectivity index (χ1v) is 8.94. The Bertz CT molecular complexity index is 751. The van der Waals surface area contributed by atoms with Crippen LogP contribution in [0.15, 0.2) is 63.8 Å². The Kier molecular flexibility index (Phi) is 4.93. The lowest BCUT2D eigenvalue weighted by molar-refractivity contribution is 1.04. The van der Waals surface area contributed by atoms with E-state index in [1.165, 1.54) is 25.8 Å². The van der Waals surface area contributed by atoms with Gasteiger partial charge in [0.15, 0.2) is 0 Å². The highest BCUT2D eigenvalue weighted by atomic mass is 32.2. The molecule has 1 aromatic heterocycles. The van der Waals surface area contributed by atoms with Gasteiger partial charge in [0.05, 0.1) is 10.4 Å². The van der Waals surface area contributed by atoms with Crippen molar-refractivity contribution in [2.75, 3.05) is 0 Å². The van der Waals surface area contributed by atoms with E-state index in [2.05, 4.69) is 60.4 Å². The molecule has 2 aromatic carbocycles. The van der Waals surface area contributed by atoms with Crippen molar-refractivity contribution in [1.82, 2.24) is 4.98 Å². The van der Waals surface area contributed by atoms with Crippen LogP contribution in [0.5, 0.6) is 0 Å². The number of hydrogen-bond donors (Lipinski definition) is 1. The van der Waals surface area contributed by atoms with E-state index < -0.39 is 0 Å². The largest absolute Gasteiger partial charge is 0.325 e. The summed E-state index contributed by atoms with van der Waals surface area (Å²) in [6, 6.07) is 17.3. The SMILES string of the molecule is CCc1cc(Sc2cnc(CN)s2)cc(-c2ccccc2)c1. The van der Waals surface area contributed by atoms with Gasteiger partial charge in [0.25, 0.3) is 0 Å². The Balaban J connectivity index is 1.93. The zero-order valence-electron chi connectivity index (χ0n) is 12.5. The number of hydrogen-bond acceptors (Lipinski definition) is 4. The van der Waals surface area contributed by atoms with Crippen LogP contribution >= 0.6 is 23.1 Å². The van der Waals surface area contributed by atoms with Crippen LogP contribution < -0.4 is 5.73 Å². The van der Waals surface area contributed by atoms with E-state index in [4.69, 9.17) is 5.73 Å². The molecule has 0 unspecified atom stereocenters. The molecule has 3 rings (SSSR count). The molecule has 4 heteroatoms. The maximum atomic E-state index is 5.64. The molecule has 0 radical (unpaired) electrons. The number of aryl methyl sites for hydroxylation is 1. The minimum absolute atomic E-state index is 0.509. The van der Waals surface area contributed by atoms with Crippen molar-refractivity contribution in [2.24, 2.45) is 5.73 Å². The van der Waals surface area contributed by atoms with Gasteiger partial charge in [-0.05, 0) is 35.2 Å². The lowest BCUT2D eigenvalue weighted by Crippen LogP contribution is -1.93. The summed E-state index contributed by atoms with van der Waals surface area (Å²) in [6.45, 7) is 2.70. The zero-order valence-corrected chi connectivity index (χ0v) is 14.1. The zero-order chi connectivity index (χ0) is 15.4. The van der Waals surface area contributed by atoms with Crippen LogP contribution in [-0.4, -0.2) is 4.98 Å². The van der Waals surface area contributed by atoms with Crippen molar-refractivity contribution in [3.05, 3.63) is 65.3 Å². The first kappa shape index (κ1) is 15.3. The first-order valence-electron chi connectivity index (χ1n) is 7.30. The normalized spacial score (nSPS) is 10.8. The second kappa shape index (κ2) is 7.09. The van der Waals surface area contributed by atoms with Crippen LogP contribution in [-0.2, 0) is 13.0 Å². The second-order valence-electron chi connectivity index (χ2n) is 4.96. The van der Waals surface area contributed by atoms with Gasteiger partial charge in [-0.3, -0.25) is 0 Å². The van der Waals surface area contributed by atoms with E-state index in [9.17, 15) is 0 Å². The second-order valence-corrected chi connectivity index (χ2v) is 7.45. The molecule has 0 fully saturated rings. The summed E-state index contributed by atoms with van der Waals surface area (Å²) in [6.07, 6.45) is 2.95. The van der Waals surface area contributed by atoms with Crippen LogP contribution in [0.1, 0.15) is 17.5 Å². The summed E-state index contributed by atoms with van der Waals surface area (Å²) in [5.41, 5.74) is 9.52. The Morgan fingerprint density at radius 2 is 1.91 bits per heavy atom. The number of nitrogens with zero attached hydrogens (tertiary/aromatic N) is 1. The van der Waals surface area contributed by atoms with Gasteiger partial charge in [0.1, 0.15) is 5.01 Å². The summed E-state index contributed by atoms with van der Waals surface area (Å²) in [5.74, 6) is 0. The van der Waals surface area contributed by atoms with Gasteiger partial charge >= 0.3 is 0 Å².